The molecule has 110 valence electrons. The normalized spacial score (nSPS) is 18.3. The van der Waals surface area contributed by atoms with E-state index in [9.17, 15) is 8.42 Å². The fourth-order valence-corrected chi connectivity index (χ4v) is 4.37. The minimum atomic E-state index is -3.55. The number of nitrogens with two attached hydrogens (primary N) is 1. The molecule has 3 rings (SSSR count). The first-order valence-electron chi connectivity index (χ1n) is 6.94. The largest absolute Gasteiger partial charge is 0.399 e. The zero-order chi connectivity index (χ0) is 15.0. The molecule has 2 aromatic carbocycles. The predicted octanol–water partition coefficient (Wildman–Crippen LogP) is 2.66. The molecule has 2 aromatic rings. The van der Waals surface area contributed by atoms with Crippen LogP contribution in [0.2, 0.25) is 0 Å². The highest BCUT2D eigenvalue weighted by Crippen LogP contribution is 2.33. The number of nitrogens with zero attached hydrogens (tertiary/aromatic N) is 1. The van der Waals surface area contributed by atoms with Crippen molar-refractivity contribution < 1.29 is 8.42 Å². The molecule has 1 aliphatic rings. The molecule has 0 aromatic heterocycles. The Morgan fingerprint density at radius 1 is 1.10 bits per heavy atom. The Bertz CT molecular complexity index is 754. The van der Waals surface area contributed by atoms with Crippen LogP contribution in [0, 0.1) is 5.92 Å². The van der Waals surface area contributed by atoms with Crippen LogP contribution >= 0.6 is 0 Å². The highest BCUT2D eigenvalue weighted by Gasteiger charge is 2.31. The van der Waals surface area contributed by atoms with Crippen LogP contribution in [0.5, 0.6) is 0 Å². The van der Waals surface area contributed by atoms with Gasteiger partial charge in [0, 0.05) is 12.2 Å². The molecule has 1 heterocycles. The summed E-state index contributed by atoms with van der Waals surface area (Å²) in [6.45, 7) is 2.57. The number of rotatable bonds is 2. The second-order valence-electron chi connectivity index (χ2n) is 5.54. The van der Waals surface area contributed by atoms with E-state index in [1.165, 1.54) is 4.31 Å². The van der Waals surface area contributed by atoms with E-state index in [2.05, 4.69) is 6.92 Å². The molecule has 2 N–H and O–H groups in total. The van der Waals surface area contributed by atoms with Crippen molar-refractivity contribution in [2.75, 3.05) is 16.6 Å². The second kappa shape index (κ2) is 5.07. The van der Waals surface area contributed by atoms with Crippen molar-refractivity contribution in [2.45, 2.75) is 18.2 Å². The Morgan fingerprint density at radius 2 is 1.76 bits per heavy atom. The van der Waals surface area contributed by atoms with E-state index in [4.69, 9.17) is 5.73 Å². The maximum atomic E-state index is 12.9. The average Bonchev–Trinajstić information content (AvgIpc) is 2.46. The first-order chi connectivity index (χ1) is 9.98. The van der Waals surface area contributed by atoms with Gasteiger partial charge in [-0.15, -0.1) is 0 Å². The summed E-state index contributed by atoms with van der Waals surface area (Å²) in [6, 6.07) is 14.1. The quantitative estimate of drug-likeness (QED) is 0.867. The number of hydrogen-bond donors (Lipinski definition) is 1. The van der Waals surface area contributed by atoms with E-state index in [-0.39, 0.29) is 4.90 Å². The van der Waals surface area contributed by atoms with Crippen LogP contribution in [0.15, 0.2) is 53.4 Å². The van der Waals surface area contributed by atoms with Crippen molar-refractivity contribution >= 4 is 21.4 Å². The van der Waals surface area contributed by atoms with Crippen molar-refractivity contribution in [2.24, 2.45) is 5.92 Å². The van der Waals surface area contributed by atoms with Gasteiger partial charge >= 0.3 is 0 Å². The summed E-state index contributed by atoms with van der Waals surface area (Å²) in [4.78, 5) is 0.278. The van der Waals surface area contributed by atoms with Crippen LogP contribution in [-0.2, 0) is 16.4 Å². The molecule has 0 amide bonds. The van der Waals surface area contributed by atoms with E-state index in [0.717, 1.165) is 17.7 Å². The van der Waals surface area contributed by atoms with Gasteiger partial charge in [0.25, 0.3) is 10.0 Å². The highest BCUT2D eigenvalue weighted by atomic mass is 32.2. The van der Waals surface area contributed by atoms with Gasteiger partial charge in [0.1, 0.15) is 0 Å². The summed E-state index contributed by atoms with van der Waals surface area (Å²) in [5.74, 6) is 0.295. The van der Waals surface area contributed by atoms with Crippen molar-refractivity contribution in [3.05, 3.63) is 54.1 Å². The number of anilines is 2. The lowest BCUT2D eigenvalue weighted by Gasteiger charge is -2.33. The molecule has 4 nitrogen and oxygen atoms in total. The summed E-state index contributed by atoms with van der Waals surface area (Å²) >= 11 is 0. The minimum Gasteiger partial charge on any atom is -0.399 e. The predicted molar refractivity (Wildman–Crippen MR) is 84.7 cm³/mol. The molecular weight excluding hydrogens is 284 g/mol. The molecule has 21 heavy (non-hydrogen) atoms. The van der Waals surface area contributed by atoms with E-state index in [0.29, 0.717) is 18.2 Å². The monoisotopic (exact) mass is 302 g/mol. The van der Waals surface area contributed by atoms with Crippen LogP contribution in [0.25, 0.3) is 0 Å². The Kier molecular flexibility index (Phi) is 3.37. The molecule has 1 aliphatic heterocycles. The third-order valence-electron chi connectivity index (χ3n) is 3.77. The summed E-state index contributed by atoms with van der Waals surface area (Å²) in [6.07, 6.45) is 0.907. The molecule has 0 bridgehead atoms. The van der Waals surface area contributed by atoms with Crippen LogP contribution in [0.4, 0.5) is 11.4 Å². The maximum Gasteiger partial charge on any atom is 0.264 e. The molecule has 0 fully saturated rings. The van der Waals surface area contributed by atoms with Gasteiger partial charge in [-0.2, -0.15) is 0 Å². The fourth-order valence-electron chi connectivity index (χ4n) is 2.74. The Labute approximate surface area is 125 Å². The van der Waals surface area contributed by atoms with Crippen LogP contribution in [0.1, 0.15) is 12.5 Å². The van der Waals surface area contributed by atoms with Crippen LogP contribution < -0.4 is 10.0 Å². The van der Waals surface area contributed by atoms with Gasteiger partial charge in [0.05, 0.1) is 10.6 Å². The number of para-hydroxylation sites is 1. The molecule has 5 heteroatoms. The first-order valence-corrected chi connectivity index (χ1v) is 8.38. The lowest BCUT2D eigenvalue weighted by molar-refractivity contribution is 0.545. The van der Waals surface area contributed by atoms with Gasteiger partial charge in [-0.25, -0.2) is 8.42 Å². The standard InChI is InChI=1S/C16H18N2O2S/c1-12-10-13-4-2-3-5-16(13)18(11-12)21(19,20)15-8-6-14(17)7-9-15/h2-9,12H,10-11,17H2,1H3. The van der Waals surface area contributed by atoms with Gasteiger partial charge < -0.3 is 5.73 Å². The third-order valence-corrected chi connectivity index (χ3v) is 5.57. The fraction of sp³-hybridized carbons (Fsp3) is 0.250. The summed E-state index contributed by atoms with van der Waals surface area (Å²) in [5.41, 5.74) is 8.06. The number of fused-ring (bicyclic) bond motifs is 1. The summed E-state index contributed by atoms with van der Waals surface area (Å²) in [5, 5.41) is 0. The molecule has 1 unspecified atom stereocenters. The average molecular weight is 302 g/mol. The molecule has 0 saturated carbocycles. The van der Waals surface area contributed by atoms with Crippen molar-refractivity contribution in [3.8, 4) is 0 Å². The molecule has 0 spiro atoms. The number of hydrogen-bond acceptors (Lipinski definition) is 3. The molecule has 0 saturated heterocycles. The van der Waals surface area contributed by atoms with Crippen molar-refractivity contribution in [1.82, 2.24) is 0 Å². The number of benzene rings is 2. The maximum absolute atomic E-state index is 12.9. The van der Waals surface area contributed by atoms with E-state index in [1.807, 2.05) is 24.3 Å². The van der Waals surface area contributed by atoms with Gasteiger partial charge in [-0.3, -0.25) is 4.31 Å². The zero-order valence-electron chi connectivity index (χ0n) is 11.9. The smallest absolute Gasteiger partial charge is 0.264 e. The van der Waals surface area contributed by atoms with Crippen LogP contribution in [0.3, 0.4) is 0 Å². The first kappa shape index (κ1) is 13.9. The van der Waals surface area contributed by atoms with E-state index >= 15 is 0 Å². The molecule has 0 aliphatic carbocycles. The van der Waals surface area contributed by atoms with Gasteiger partial charge in [-0.05, 0) is 48.2 Å². The van der Waals surface area contributed by atoms with Crippen LogP contribution in [-0.4, -0.2) is 15.0 Å². The second-order valence-corrected chi connectivity index (χ2v) is 7.41. The Hall–Kier alpha value is -2.01. The molecule has 0 radical (unpaired) electrons. The zero-order valence-corrected chi connectivity index (χ0v) is 12.7. The summed E-state index contributed by atoms with van der Waals surface area (Å²) < 4.78 is 27.3. The van der Waals surface area contributed by atoms with Gasteiger partial charge in [0.15, 0.2) is 0 Å². The van der Waals surface area contributed by atoms with Crippen molar-refractivity contribution in [3.63, 3.8) is 0 Å². The van der Waals surface area contributed by atoms with Gasteiger partial charge in [-0.1, -0.05) is 25.1 Å². The number of sulfonamides is 1. The third kappa shape index (κ3) is 2.49. The molecule has 1 atom stereocenters. The Balaban J connectivity index is 2.09. The number of nitrogen functional groups attached to an aromatic ring is 1. The summed E-state index contributed by atoms with van der Waals surface area (Å²) in [7, 11) is -3.55. The van der Waals surface area contributed by atoms with E-state index in [1.54, 1.807) is 24.3 Å². The Morgan fingerprint density at radius 3 is 2.48 bits per heavy atom. The van der Waals surface area contributed by atoms with E-state index < -0.39 is 10.0 Å². The lowest BCUT2D eigenvalue weighted by atomic mass is 9.96. The lowest BCUT2D eigenvalue weighted by Crippen LogP contribution is -2.39. The topological polar surface area (TPSA) is 63.4 Å². The van der Waals surface area contributed by atoms with Gasteiger partial charge in [0.2, 0.25) is 0 Å². The highest BCUT2D eigenvalue weighted by molar-refractivity contribution is 7.92. The minimum absolute atomic E-state index is 0.278. The molecular formula is C16H18N2O2S. The SMILES string of the molecule is CC1Cc2ccccc2N(S(=O)(=O)c2ccc(N)cc2)C1. The van der Waals surface area contributed by atoms with Crippen molar-refractivity contribution in [1.29, 1.82) is 0 Å².